The summed E-state index contributed by atoms with van der Waals surface area (Å²) in [5.74, 6) is 0.479. The van der Waals surface area contributed by atoms with Crippen LogP contribution in [0.15, 0.2) is 41.8 Å². The molecule has 0 aromatic rings. The highest BCUT2D eigenvalue weighted by atomic mass is 16.5. The van der Waals surface area contributed by atoms with E-state index in [2.05, 4.69) is 18.2 Å². The number of rotatable bonds is 4. The Kier molecular flexibility index (Phi) is 4.45. The summed E-state index contributed by atoms with van der Waals surface area (Å²) < 4.78 is 4.72. The molecule has 3 heteroatoms. The standard InChI is InChI=1S/C8H9NO2/c1-7(9-6-10)4-5-8(2)11-3/h4-5H,1-2H2,3H3/b5-4-. The molecule has 0 aromatic heterocycles. The number of allylic oxidation sites excluding steroid dienone is 2. The molecule has 0 rings (SSSR count). The van der Waals surface area contributed by atoms with Gasteiger partial charge in [-0.3, -0.25) is 0 Å². The van der Waals surface area contributed by atoms with Crippen molar-refractivity contribution in [1.82, 2.24) is 0 Å². The largest absolute Gasteiger partial charge is 0.497 e. The number of methoxy groups -OCH3 is 1. The smallest absolute Gasteiger partial charge is 0.240 e. The van der Waals surface area contributed by atoms with Gasteiger partial charge in [-0.05, 0) is 12.2 Å². The third-order valence-corrected chi connectivity index (χ3v) is 0.913. The van der Waals surface area contributed by atoms with Crippen LogP contribution in [-0.2, 0) is 9.53 Å². The van der Waals surface area contributed by atoms with Gasteiger partial charge in [0.1, 0.15) is 5.76 Å². The molecule has 0 aliphatic carbocycles. The van der Waals surface area contributed by atoms with Gasteiger partial charge in [0.25, 0.3) is 0 Å². The summed E-state index contributed by atoms with van der Waals surface area (Å²) in [4.78, 5) is 12.9. The van der Waals surface area contributed by atoms with Crippen LogP contribution in [0.25, 0.3) is 0 Å². The van der Waals surface area contributed by atoms with Crippen LogP contribution in [0.3, 0.4) is 0 Å². The summed E-state index contributed by atoms with van der Waals surface area (Å²) >= 11 is 0. The summed E-state index contributed by atoms with van der Waals surface area (Å²) in [6.07, 6.45) is 4.43. The van der Waals surface area contributed by atoms with Crippen molar-refractivity contribution in [2.75, 3.05) is 7.11 Å². The Morgan fingerprint density at radius 3 is 2.64 bits per heavy atom. The van der Waals surface area contributed by atoms with E-state index in [9.17, 15) is 4.79 Å². The molecule has 0 aliphatic rings. The topological polar surface area (TPSA) is 38.7 Å². The molecule has 0 spiro atoms. The highest BCUT2D eigenvalue weighted by Crippen LogP contribution is 1.98. The molecule has 0 radical (unpaired) electrons. The monoisotopic (exact) mass is 151 g/mol. The number of isocyanates is 1. The molecule has 0 bridgehead atoms. The predicted molar refractivity (Wildman–Crippen MR) is 42.6 cm³/mol. The molecule has 0 aromatic carbocycles. The maximum atomic E-state index is 9.69. The van der Waals surface area contributed by atoms with E-state index in [0.717, 1.165) is 0 Å². The lowest BCUT2D eigenvalue weighted by atomic mass is 10.4. The van der Waals surface area contributed by atoms with Crippen LogP contribution in [0.2, 0.25) is 0 Å². The lowest BCUT2D eigenvalue weighted by Gasteiger charge is -1.93. The number of hydrogen-bond acceptors (Lipinski definition) is 3. The minimum atomic E-state index is 0.318. The van der Waals surface area contributed by atoms with Gasteiger partial charge in [-0.25, -0.2) is 4.79 Å². The van der Waals surface area contributed by atoms with E-state index in [0.29, 0.717) is 11.5 Å². The van der Waals surface area contributed by atoms with Crippen molar-refractivity contribution >= 4 is 6.08 Å². The maximum Gasteiger partial charge on any atom is 0.240 e. The summed E-state index contributed by atoms with van der Waals surface area (Å²) in [6.45, 7) is 6.95. The van der Waals surface area contributed by atoms with E-state index in [-0.39, 0.29) is 0 Å². The molecule has 0 aliphatic heterocycles. The van der Waals surface area contributed by atoms with Gasteiger partial charge < -0.3 is 4.74 Å². The van der Waals surface area contributed by atoms with Crippen LogP contribution in [0.5, 0.6) is 0 Å². The molecule has 58 valence electrons. The van der Waals surface area contributed by atoms with Gasteiger partial charge in [-0.15, -0.1) is 0 Å². The first-order valence-corrected chi connectivity index (χ1v) is 2.88. The van der Waals surface area contributed by atoms with E-state index >= 15 is 0 Å². The van der Waals surface area contributed by atoms with Crippen molar-refractivity contribution in [3.63, 3.8) is 0 Å². The van der Waals surface area contributed by atoms with Gasteiger partial charge in [0.05, 0.1) is 12.8 Å². The van der Waals surface area contributed by atoms with Crippen LogP contribution in [0.1, 0.15) is 0 Å². The van der Waals surface area contributed by atoms with Crippen molar-refractivity contribution in [3.05, 3.63) is 36.8 Å². The first kappa shape index (κ1) is 9.40. The second-order valence-electron chi connectivity index (χ2n) is 1.70. The van der Waals surface area contributed by atoms with Crippen molar-refractivity contribution in [2.45, 2.75) is 0 Å². The summed E-state index contributed by atoms with van der Waals surface area (Å²) in [6, 6.07) is 0. The lowest BCUT2D eigenvalue weighted by molar-refractivity contribution is 0.309. The van der Waals surface area contributed by atoms with Gasteiger partial charge in [0, 0.05) is 0 Å². The molecule has 0 heterocycles. The molecule has 3 nitrogen and oxygen atoms in total. The molecule has 11 heavy (non-hydrogen) atoms. The van der Waals surface area contributed by atoms with Crippen LogP contribution >= 0.6 is 0 Å². The molecular formula is C8H9NO2. The highest BCUT2D eigenvalue weighted by molar-refractivity contribution is 5.39. The SMILES string of the molecule is C=C(/C=C\C(=C)OC)N=C=O. The van der Waals surface area contributed by atoms with E-state index in [1.165, 1.54) is 19.3 Å². The van der Waals surface area contributed by atoms with Crippen LogP contribution < -0.4 is 0 Å². The molecular weight excluding hydrogens is 142 g/mol. The number of hydrogen-bond donors (Lipinski definition) is 0. The molecule has 0 amide bonds. The summed E-state index contributed by atoms with van der Waals surface area (Å²) in [5.41, 5.74) is 0.318. The molecule has 0 atom stereocenters. The Morgan fingerprint density at radius 1 is 1.55 bits per heavy atom. The lowest BCUT2D eigenvalue weighted by Crippen LogP contribution is -1.77. The molecule has 0 fully saturated rings. The Bertz CT molecular complexity index is 234. The van der Waals surface area contributed by atoms with Crippen molar-refractivity contribution in [3.8, 4) is 0 Å². The fraction of sp³-hybridized carbons (Fsp3) is 0.125. The molecule has 0 N–H and O–H groups in total. The number of ether oxygens (including phenoxy) is 1. The predicted octanol–water partition coefficient (Wildman–Crippen LogP) is 1.55. The van der Waals surface area contributed by atoms with Crippen LogP contribution in [-0.4, -0.2) is 13.2 Å². The zero-order valence-corrected chi connectivity index (χ0v) is 6.33. The average molecular weight is 151 g/mol. The molecule has 0 saturated carbocycles. The zero-order valence-electron chi connectivity index (χ0n) is 6.33. The van der Waals surface area contributed by atoms with Crippen molar-refractivity contribution in [2.24, 2.45) is 4.99 Å². The maximum absolute atomic E-state index is 9.69. The number of aliphatic imine (C=N–C) groups is 1. The van der Waals surface area contributed by atoms with Gasteiger partial charge in [-0.2, -0.15) is 4.99 Å². The van der Waals surface area contributed by atoms with Gasteiger partial charge in [0.15, 0.2) is 0 Å². The van der Waals surface area contributed by atoms with Gasteiger partial charge in [-0.1, -0.05) is 13.2 Å². The summed E-state index contributed by atoms with van der Waals surface area (Å²) in [5, 5.41) is 0. The Hall–Kier alpha value is -1.60. The first-order valence-electron chi connectivity index (χ1n) is 2.88. The molecule has 0 saturated heterocycles. The zero-order chi connectivity index (χ0) is 8.69. The van der Waals surface area contributed by atoms with Crippen LogP contribution in [0, 0.1) is 0 Å². The first-order chi connectivity index (χ1) is 5.20. The Morgan fingerprint density at radius 2 is 2.18 bits per heavy atom. The Balaban J connectivity index is 4.03. The van der Waals surface area contributed by atoms with Crippen molar-refractivity contribution in [1.29, 1.82) is 0 Å². The summed E-state index contributed by atoms with van der Waals surface area (Å²) in [7, 11) is 1.50. The third-order valence-electron chi connectivity index (χ3n) is 0.913. The molecule has 0 unspecified atom stereocenters. The third kappa shape index (κ3) is 4.88. The minimum Gasteiger partial charge on any atom is -0.497 e. The number of carbonyl (C=O) groups excluding carboxylic acids is 1. The van der Waals surface area contributed by atoms with E-state index < -0.39 is 0 Å². The number of nitrogens with zero attached hydrogens (tertiary/aromatic N) is 1. The van der Waals surface area contributed by atoms with Gasteiger partial charge in [0.2, 0.25) is 6.08 Å². The minimum absolute atomic E-state index is 0.318. The van der Waals surface area contributed by atoms with E-state index in [1.54, 1.807) is 6.08 Å². The highest BCUT2D eigenvalue weighted by Gasteiger charge is 1.83. The Labute approximate surface area is 65.4 Å². The second kappa shape index (κ2) is 5.21. The normalized spacial score (nSPS) is 8.82. The van der Waals surface area contributed by atoms with Gasteiger partial charge >= 0.3 is 0 Å². The van der Waals surface area contributed by atoms with Crippen LogP contribution in [0.4, 0.5) is 0 Å². The average Bonchev–Trinajstić information content (AvgIpc) is 2.01. The fourth-order valence-electron chi connectivity index (χ4n) is 0.353. The quantitative estimate of drug-likeness (QED) is 0.264. The second-order valence-corrected chi connectivity index (χ2v) is 1.70. The fourth-order valence-corrected chi connectivity index (χ4v) is 0.353. The van der Waals surface area contributed by atoms with E-state index in [4.69, 9.17) is 4.74 Å². The van der Waals surface area contributed by atoms with E-state index in [1.807, 2.05) is 0 Å². The van der Waals surface area contributed by atoms with Crippen molar-refractivity contribution < 1.29 is 9.53 Å².